The third-order valence-electron chi connectivity index (χ3n) is 4.71. The fourth-order valence-electron chi connectivity index (χ4n) is 2.61. The van der Waals surface area contributed by atoms with E-state index < -0.39 is 5.41 Å². The van der Waals surface area contributed by atoms with Gasteiger partial charge in [-0.2, -0.15) is 0 Å². The predicted octanol–water partition coefficient (Wildman–Crippen LogP) is 3.55. The highest BCUT2D eigenvalue weighted by Crippen LogP contribution is 2.19. The number of hydrogen-bond donors (Lipinski definition) is 3. The zero-order chi connectivity index (χ0) is 18.4. The topological polar surface area (TPSA) is 69.9 Å². The number of aliphatic hydroxyl groups excluding tert-OH is 3. The van der Waals surface area contributed by atoms with Crippen molar-refractivity contribution in [3.8, 4) is 0 Å². The molecule has 0 aliphatic rings. The van der Waals surface area contributed by atoms with Crippen molar-refractivity contribution in [3.63, 3.8) is 0 Å². The number of allylic oxidation sites excluding steroid dienone is 1. The van der Waals surface area contributed by atoms with Gasteiger partial charge in [-0.3, -0.25) is 0 Å². The Morgan fingerprint density at radius 1 is 0.958 bits per heavy atom. The van der Waals surface area contributed by atoms with Crippen LogP contribution in [0.3, 0.4) is 0 Å². The van der Waals surface area contributed by atoms with Crippen LogP contribution in [-0.4, -0.2) is 48.4 Å². The lowest BCUT2D eigenvalue weighted by Gasteiger charge is -2.26. The summed E-state index contributed by atoms with van der Waals surface area (Å²) in [5, 5.41) is 27.7. The van der Waals surface area contributed by atoms with Gasteiger partial charge in [-0.1, -0.05) is 58.1 Å². The molecular formula is C20H40O4. The summed E-state index contributed by atoms with van der Waals surface area (Å²) >= 11 is 0. The highest BCUT2D eigenvalue weighted by atomic mass is 16.5. The van der Waals surface area contributed by atoms with E-state index in [0.717, 1.165) is 18.3 Å². The minimum atomic E-state index is -0.937. The van der Waals surface area contributed by atoms with Gasteiger partial charge in [0.15, 0.2) is 0 Å². The quantitative estimate of drug-likeness (QED) is 0.314. The summed E-state index contributed by atoms with van der Waals surface area (Å²) in [7, 11) is 0. The molecule has 144 valence electrons. The van der Waals surface area contributed by atoms with Crippen LogP contribution in [0.2, 0.25) is 0 Å². The number of rotatable bonds is 15. The molecule has 3 N–H and O–H groups in total. The van der Waals surface area contributed by atoms with Gasteiger partial charge >= 0.3 is 0 Å². The lowest BCUT2D eigenvalue weighted by atomic mass is 9.93. The van der Waals surface area contributed by atoms with Crippen LogP contribution in [-0.2, 0) is 4.74 Å². The van der Waals surface area contributed by atoms with Crippen molar-refractivity contribution in [1.82, 2.24) is 0 Å². The standard InChI is InChI=1S/C20H40O4/c1-17(2)7-5-8-18(3)9-6-10-19(4)11-12-24-16-20(13-21,14-22)15-23/h11,17-18,21-23H,5-10,12-16H2,1-4H3/b19-11+. The SMILES string of the molecule is C/C(=C\COCC(CO)(CO)CO)CCCC(C)CCCC(C)C. The van der Waals surface area contributed by atoms with E-state index in [9.17, 15) is 15.3 Å². The molecule has 0 spiro atoms. The molecule has 1 atom stereocenters. The van der Waals surface area contributed by atoms with E-state index in [1.54, 1.807) is 0 Å². The van der Waals surface area contributed by atoms with Gasteiger partial charge < -0.3 is 20.1 Å². The van der Waals surface area contributed by atoms with E-state index in [-0.39, 0.29) is 26.4 Å². The molecule has 0 bridgehead atoms. The summed E-state index contributed by atoms with van der Waals surface area (Å²) in [6.07, 6.45) is 9.62. The van der Waals surface area contributed by atoms with Gasteiger partial charge in [0.25, 0.3) is 0 Å². The van der Waals surface area contributed by atoms with Crippen molar-refractivity contribution in [2.24, 2.45) is 17.3 Å². The highest BCUT2D eigenvalue weighted by Gasteiger charge is 2.28. The lowest BCUT2D eigenvalue weighted by molar-refractivity contribution is -0.0524. The molecule has 0 aromatic rings. The maximum atomic E-state index is 9.23. The zero-order valence-electron chi connectivity index (χ0n) is 16.3. The Balaban J connectivity index is 3.84. The first-order valence-corrected chi connectivity index (χ1v) is 9.45. The molecule has 0 aliphatic heterocycles. The summed E-state index contributed by atoms with van der Waals surface area (Å²) < 4.78 is 5.49. The molecule has 4 nitrogen and oxygen atoms in total. The fourth-order valence-corrected chi connectivity index (χ4v) is 2.61. The Bertz CT molecular complexity index is 313. The van der Waals surface area contributed by atoms with Crippen LogP contribution in [0.25, 0.3) is 0 Å². The highest BCUT2D eigenvalue weighted by molar-refractivity contribution is 4.98. The first-order chi connectivity index (χ1) is 11.4. The molecule has 0 aromatic carbocycles. The van der Waals surface area contributed by atoms with Crippen LogP contribution in [0.1, 0.15) is 66.2 Å². The molecule has 0 heterocycles. The lowest BCUT2D eigenvalue weighted by Crippen LogP contribution is -2.38. The summed E-state index contributed by atoms with van der Waals surface area (Å²) in [5.74, 6) is 1.61. The van der Waals surface area contributed by atoms with Crippen LogP contribution in [0.15, 0.2) is 11.6 Å². The first-order valence-electron chi connectivity index (χ1n) is 9.45. The Morgan fingerprint density at radius 3 is 2.08 bits per heavy atom. The van der Waals surface area contributed by atoms with Gasteiger partial charge in [-0.05, 0) is 31.6 Å². The largest absolute Gasteiger partial charge is 0.396 e. The Kier molecular flexibility index (Phi) is 13.6. The Morgan fingerprint density at radius 2 is 1.54 bits per heavy atom. The zero-order valence-corrected chi connectivity index (χ0v) is 16.3. The molecule has 0 fully saturated rings. The summed E-state index contributed by atoms with van der Waals surface area (Å²) in [6, 6.07) is 0. The average molecular weight is 345 g/mol. The molecular weight excluding hydrogens is 304 g/mol. The van der Waals surface area contributed by atoms with Crippen molar-refractivity contribution < 1.29 is 20.1 Å². The molecule has 0 aliphatic carbocycles. The van der Waals surface area contributed by atoms with Crippen molar-refractivity contribution in [3.05, 3.63) is 11.6 Å². The third-order valence-corrected chi connectivity index (χ3v) is 4.71. The summed E-state index contributed by atoms with van der Waals surface area (Å²) in [4.78, 5) is 0. The molecule has 0 amide bonds. The van der Waals surface area contributed by atoms with Crippen LogP contribution in [0.4, 0.5) is 0 Å². The molecule has 0 aromatic heterocycles. The molecule has 0 saturated heterocycles. The molecule has 24 heavy (non-hydrogen) atoms. The van der Waals surface area contributed by atoms with E-state index in [0.29, 0.717) is 6.61 Å². The Hall–Kier alpha value is -0.420. The molecule has 4 heteroatoms. The van der Waals surface area contributed by atoms with Crippen molar-refractivity contribution in [2.45, 2.75) is 66.2 Å². The van der Waals surface area contributed by atoms with Gasteiger partial charge in [0.2, 0.25) is 0 Å². The van der Waals surface area contributed by atoms with E-state index in [1.807, 2.05) is 0 Å². The van der Waals surface area contributed by atoms with Crippen LogP contribution >= 0.6 is 0 Å². The second kappa shape index (κ2) is 13.8. The van der Waals surface area contributed by atoms with Crippen LogP contribution in [0, 0.1) is 17.3 Å². The third kappa shape index (κ3) is 11.2. The first kappa shape index (κ1) is 23.6. The fraction of sp³-hybridized carbons (Fsp3) is 0.900. The van der Waals surface area contributed by atoms with Crippen molar-refractivity contribution in [2.75, 3.05) is 33.0 Å². The van der Waals surface area contributed by atoms with E-state index in [1.165, 1.54) is 37.7 Å². The smallest absolute Gasteiger partial charge is 0.0650 e. The molecule has 0 saturated carbocycles. The Labute approximate surface area is 148 Å². The summed E-state index contributed by atoms with van der Waals surface area (Å²) in [6.45, 7) is 8.81. The van der Waals surface area contributed by atoms with Gasteiger partial charge in [-0.25, -0.2) is 0 Å². The van der Waals surface area contributed by atoms with Gasteiger partial charge in [0.1, 0.15) is 0 Å². The second-order valence-corrected chi connectivity index (χ2v) is 7.86. The maximum Gasteiger partial charge on any atom is 0.0650 e. The number of aliphatic hydroxyl groups is 3. The van der Waals surface area contributed by atoms with Crippen molar-refractivity contribution in [1.29, 1.82) is 0 Å². The van der Waals surface area contributed by atoms with Gasteiger partial charge in [-0.15, -0.1) is 0 Å². The second-order valence-electron chi connectivity index (χ2n) is 7.86. The molecule has 1 unspecified atom stereocenters. The van der Waals surface area contributed by atoms with Gasteiger partial charge in [0, 0.05) is 0 Å². The van der Waals surface area contributed by atoms with E-state index in [4.69, 9.17) is 4.74 Å². The molecule has 0 rings (SSSR count). The van der Waals surface area contributed by atoms with Gasteiger partial charge in [0.05, 0.1) is 38.4 Å². The van der Waals surface area contributed by atoms with Crippen molar-refractivity contribution >= 4 is 0 Å². The predicted molar refractivity (Wildman–Crippen MR) is 100.0 cm³/mol. The minimum absolute atomic E-state index is 0.160. The van der Waals surface area contributed by atoms with E-state index in [2.05, 4.69) is 33.8 Å². The summed E-state index contributed by atoms with van der Waals surface area (Å²) in [5.41, 5.74) is 0.375. The maximum absolute atomic E-state index is 9.23. The normalized spacial score (nSPS) is 14.4. The average Bonchev–Trinajstić information content (AvgIpc) is 2.55. The number of ether oxygens (including phenoxy) is 1. The van der Waals surface area contributed by atoms with E-state index >= 15 is 0 Å². The van der Waals surface area contributed by atoms with Crippen LogP contribution in [0.5, 0.6) is 0 Å². The molecule has 0 radical (unpaired) electrons. The van der Waals surface area contributed by atoms with Crippen LogP contribution < -0.4 is 0 Å². The number of hydrogen-bond acceptors (Lipinski definition) is 4. The minimum Gasteiger partial charge on any atom is -0.396 e. The monoisotopic (exact) mass is 344 g/mol.